The van der Waals surface area contributed by atoms with Gasteiger partial charge in [-0.25, -0.2) is 9.78 Å². The van der Waals surface area contributed by atoms with Crippen molar-refractivity contribution in [3.8, 4) is 11.5 Å². The van der Waals surface area contributed by atoms with Crippen LogP contribution < -0.4 is 9.47 Å². The van der Waals surface area contributed by atoms with Crippen molar-refractivity contribution in [3.63, 3.8) is 0 Å². The molecule has 0 aliphatic heterocycles. The summed E-state index contributed by atoms with van der Waals surface area (Å²) < 4.78 is 10.5. The fourth-order valence-corrected chi connectivity index (χ4v) is 2.44. The Hall–Kier alpha value is -2.82. The van der Waals surface area contributed by atoms with Gasteiger partial charge in [-0.15, -0.1) is 0 Å². The lowest BCUT2D eigenvalue weighted by Crippen LogP contribution is -2.02. The van der Waals surface area contributed by atoms with Crippen LogP contribution in [0.4, 0.5) is 0 Å². The van der Waals surface area contributed by atoms with Gasteiger partial charge in [0.25, 0.3) is 0 Å². The number of benzene rings is 2. The number of carbonyl (C=O) groups is 1. The Balaban J connectivity index is 2.56. The van der Waals surface area contributed by atoms with Crippen LogP contribution in [0.25, 0.3) is 21.8 Å². The summed E-state index contributed by atoms with van der Waals surface area (Å²) >= 11 is 0. The van der Waals surface area contributed by atoms with Gasteiger partial charge in [0.15, 0.2) is 0 Å². The van der Waals surface area contributed by atoms with Gasteiger partial charge in [-0.05, 0) is 12.1 Å². The zero-order valence-corrected chi connectivity index (χ0v) is 11.6. The van der Waals surface area contributed by atoms with Crippen LogP contribution in [0.5, 0.6) is 11.5 Å². The molecule has 0 radical (unpaired) electrons. The Kier molecular flexibility index (Phi) is 3.10. The number of aromatic carboxylic acids is 1. The second-order valence-corrected chi connectivity index (χ2v) is 4.53. The van der Waals surface area contributed by atoms with Crippen LogP contribution in [-0.4, -0.2) is 30.3 Å². The highest BCUT2D eigenvalue weighted by molar-refractivity contribution is 6.14. The number of carboxylic acid groups (broad SMARTS) is 1. The van der Waals surface area contributed by atoms with E-state index >= 15 is 0 Å². The van der Waals surface area contributed by atoms with Gasteiger partial charge in [0.2, 0.25) is 0 Å². The third-order valence-corrected chi connectivity index (χ3v) is 3.39. The Bertz CT molecular complexity index is 858. The second-order valence-electron chi connectivity index (χ2n) is 4.53. The van der Waals surface area contributed by atoms with E-state index in [1.54, 1.807) is 30.3 Å². The van der Waals surface area contributed by atoms with E-state index in [0.717, 1.165) is 0 Å². The van der Waals surface area contributed by atoms with Gasteiger partial charge in [-0.2, -0.15) is 0 Å². The molecule has 5 heteroatoms. The molecule has 0 unspecified atom stereocenters. The smallest absolute Gasteiger partial charge is 0.337 e. The highest BCUT2D eigenvalue weighted by Crippen LogP contribution is 2.35. The van der Waals surface area contributed by atoms with Crippen molar-refractivity contribution in [2.45, 2.75) is 0 Å². The van der Waals surface area contributed by atoms with Crippen molar-refractivity contribution in [2.24, 2.45) is 0 Å². The average molecular weight is 283 g/mol. The number of aromatic nitrogens is 1. The van der Waals surface area contributed by atoms with Crippen LogP contribution in [0.1, 0.15) is 10.4 Å². The first-order chi connectivity index (χ1) is 10.2. The molecule has 1 N–H and O–H groups in total. The van der Waals surface area contributed by atoms with Crippen molar-refractivity contribution in [1.29, 1.82) is 0 Å². The van der Waals surface area contributed by atoms with Gasteiger partial charge < -0.3 is 14.6 Å². The SMILES string of the molecule is COc1cc(OC)c2nc3ccccc3c(C(=O)O)c2c1. The van der Waals surface area contributed by atoms with E-state index in [2.05, 4.69) is 4.98 Å². The van der Waals surface area contributed by atoms with Gasteiger partial charge in [0.05, 0.1) is 25.3 Å². The Morgan fingerprint density at radius 1 is 1.10 bits per heavy atom. The molecule has 3 rings (SSSR count). The quantitative estimate of drug-likeness (QED) is 0.748. The summed E-state index contributed by atoms with van der Waals surface area (Å²) in [4.78, 5) is 16.2. The van der Waals surface area contributed by atoms with E-state index in [4.69, 9.17) is 9.47 Å². The zero-order valence-electron chi connectivity index (χ0n) is 11.6. The number of para-hydroxylation sites is 1. The molecule has 0 saturated heterocycles. The molecular formula is C16H13NO4. The molecular weight excluding hydrogens is 270 g/mol. The molecule has 0 aliphatic rings. The lowest BCUT2D eigenvalue weighted by Gasteiger charge is -2.12. The number of ether oxygens (including phenoxy) is 2. The molecule has 0 bridgehead atoms. The van der Waals surface area contributed by atoms with Crippen molar-refractivity contribution in [1.82, 2.24) is 4.98 Å². The topological polar surface area (TPSA) is 68.7 Å². The van der Waals surface area contributed by atoms with Crippen LogP contribution >= 0.6 is 0 Å². The molecule has 1 heterocycles. The molecule has 0 saturated carbocycles. The molecule has 0 amide bonds. The molecule has 5 nitrogen and oxygen atoms in total. The van der Waals surface area contributed by atoms with Gasteiger partial charge in [0, 0.05) is 16.8 Å². The Morgan fingerprint density at radius 3 is 2.52 bits per heavy atom. The van der Waals surface area contributed by atoms with Crippen LogP contribution in [0, 0.1) is 0 Å². The standard InChI is InChI=1S/C16H13NO4/c1-20-9-7-11-14(16(18)19)10-5-3-4-6-12(10)17-15(11)13(8-9)21-2/h3-8H,1-2H3,(H,18,19). The maximum absolute atomic E-state index is 11.7. The molecule has 3 aromatic rings. The van der Waals surface area contributed by atoms with Gasteiger partial charge >= 0.3 is 5.97 Å². The highest BCUT2D eigenvalue weighted by atomic mass is 16.5. The third kappa shape index (κ3) is 2.03. The predicted octanol–water partition coefficient (Wildman–Crippen LogP) is 3.10. The van der Waals surface area contributed by atoms with Crippen LogP contribution in [0.15, 0.2) is 36.4 Å². The highest BCUT2D eigenvalue weighted by Gasteiger charge is 2.18. The van der Waals surface area contributed by atoms with Crippen molar-refractivity contribution < 1.29 is 19.4 Å². The number of methoxy groups -OCH3 is 2. The van der Waals surface area contributed by atoms with Gasteiger partial charge in [-0.3, -0.25) is 0 Å². The van der Waals surface area contributed by atoms with Crippen LogP contribution in [-0.2, 0) is 0 Å². The number of nitrogens with zero attached hydrogens (tertiary/aromatic N) is 1. The predicted molar refractivity (Wildman–Crippen MR) is 79.3 cm³/mol. The number of rotatable bonds is 3. The van der Waals surface area contributed by atoms with E-state index in [1.807, 2.05) is 6.07 Å². The van der Waals surface area contributed by atoms with Crippen LogP contribution in [0.3, 0.4) is 0 Å². The van der Waals surface area contributed by atoms with Crippen molar-refractivity contribution >= 4 is 27.8 Å². The molecule has 21 heavy (non-hydrogen) atoms. The second kappa shape index (κ2) is 4.94. The summed E-state index contributed by atoms with van der Waals surface area (Å²) in [6.07, 6.45) is 0. The van der Waals surface area contributed by atoms with Crippen LogP contribution in [0.2, 0.25) is 0 Å². The van der Waals surface area contributed by atoms with Gasteiger partial charge in [-0.1, -0.05) is 18.2 Å². The van der Waals surface area contributed by atoms with Gasteiger partial charge in [0.1, 0.15) is 17.0 Å². The Labute approximate surface area is 120 Å². The summed E-state index contributed by atoms with van der Waals surface area (Å²) in [6, 6.07) is 10.5. The average Bonchev–Trinajstić information content (AvgIpc) is 2.51. The monoisotopic (exact) mass is 283 g/mol. The number of hydrogen-bond acceptors (Lipinski definition) is 4. The summed E-state index contributed by atoms with van der Waals surface area (Å²) in [5, 5.41) is 10.7. The minimum atomic E-state index is -1.01. The summed E-state index contributed by atoms with van der Waals surface area (Å²) in [5.74, 6) is 0.00504. The summed E-state index contributed by atoms with van der Waals surface area (Å²) in [5.41, 5.74) is 1.33. The lowest BCUT2D eigenvalue weighted by molar-refractivity contribution is 0.0701. The number of carboxylic acids is 1. The minimum Gasteiger partial charge on any atom is -0.497 e. The van der Waals surface area contributed by atoms with E-state index in [0.29, 0.717) is 33.3 Å². The molecule has 0 aliphatic carbocycles. The number of pyridine rings is 1. The van der Waals surface area contributed by atoms with E-state index in [9.17, 15) is 9.90 Å². The molecule has 0 fully saturated rings. The largest absolute Gasteiger partial charge is 0.497 e. The maximum Gasteiger partial charge on any atom is 0.337 e. The van der Waals surface area contributed by atoms with Crippen molar-refractivity contribution in [3.05, 3.63) is 42.0 Å². The minimum absolute atomic E-state index is 0.202. The first kappa shape index (κ1) is 13.2. The lowest BCUT2D eigenvalue weighted by atomic mass is 10.0. The number of fused-ring (bicyclic) bond motifs is 2. The first-order valence-corrected chi connectivity index (χ1v) is 6.33. The molecule has 1 aromatic heterocycles. The fourth-order valence-electron chi connectivity index (χ4n) is 2.44. The van der Waals surface area contributed by atoms with Crippen molar-refractivity contribution in [2.75, 3.05) is 14.2 Å². The number of hydrogen-bond donors (Lipinski definition) is 1. The molecule has 0 spiro atoms. The van der Waals surface area contributed by atoms with E-state index in [-0.39, 0.29) is 5.56 Å². The molecule has 2 aromatic carbocycles. The third-order valence-electron chi connectivity index (χ3n) is 3.39. The normalized spacial score (nSPS) is 10.8. The first-order valence-electron chi connectivity index (χ1n) is 6.33. The van der Waals surface area contributed by atoms with E-state index < -0.39 is 5.97 Å². The summed E-state index contributed by atoms with van der Waals surface area (Å²) in [7, 11) is 3.04. The fraction of sp³-hybridized carbons (Fsp3) is 0.125. The Morgan fingerprint density at radius 2 is 1.86 bits per heavy atom. The zero-order chi connectivity index (χ0) is 15.0. The van der Waals surface area contributed by atoms with E-state index in [1.165, 1.54) is 14.2 Å². The molecule has 106 valence electrons. The summed E-state index contributed by atoms with van der Waals surface area (Å²) in [6.45, 7) is 0. The maximum atomic E-state index is 11.7. The molecule has 0 atom stereocenters.